The first kappa shape index (κ1) is 11.3. The Morgan fingerprint density at radius 1 is 1.35 bits per heavy atom. The lowest BCUT2D eigenvalue weighted by Gasteiger charge is -1.97. The lowest BCUT2D eigenvalue weighted by Crippen LogP contribution is -2.15. The normalized spacial score (nSPS) is 10.1. The van der Waals surface area contributed by atoms with Crippen molar-refractivity contribution in [1.82, 2.24) is 0 Å². The van der Waals surface area contributed by atoms with Gasteiger partial charge >= 0.3 is 5.97 Å². The molecule has 86 valence electrons. The van der Waals surface area contributed by atoms with Crippen LogP contribution in [-0.2, 0) is 0 Å². The summed E-state index contributed by atoms with van der Waals surface area (Å²) in [6.07, 6.45) is 0.883. The second-order valence-electron chi connectivity index (χ2n) is 3.13. The van der Waals surface area contributed by atoms with Crippen LogP contribution in [0.1, 0.15) is 25.8 Å². The van der Waals surface area contributed by atoms with Crippen LogP contribution in [0.5, 0.6) is 0 Å². The van der Waals surface area contributed by atoms with Crippen LogP contribution in [0.2, 0.25) is 0 Å². The molecule has 0 aliphatic rings. The molecule has 0 radical (unpaired) electrons. The van der Waals surface area contributed by atoms with Crippen LogP contribution < -0.4 is 5.43 Å². The van der Waals surface area contributed by atoms with E-state index in [4.69, 9.17) is 9.52 Å². The smallest absolute Gasteiger partial charge is 0.371 e. The van der Waals surface area contributed by atoms with Gasteiger partial charge in [-0.05, 0) is 11.4 Å². The SMILES string of the molecule is O=C(O)c1cc(=O)c(C(=O)c2cccs2)co1. The summed E-state index contributed by atoms with van der Waals surface area (Å²) in [6, 6.07) is 4.06. The van der Waals surface area contributed by atoms with E-state index >= 15 is 0 Å². The molecule has 0 amide bonds. The number of ketones is 1. The van der Waals surface area contributed by atoms with E-state index < -0.39 is 22.9 Å². The first-order valence-electron chi connectivity index (χ1n) is 4.54. The molecule has 0 aliphatic heterocycles. The maximum absolute atomic E-state index is 11.8. The van der Waals surface area contributed by atoms with E-state index in [2.05, 4.69) is 0 Å². The van der Waals surface area contributed by atoms with Crippen LogP contribution in [0, 0.1) is 0 Å². The molecule has 2 aromatic rings. The van der Waals surface area contributed by atoms with Gasteiger partial charge in [-0.1, -0.05) is 6.07 Å². The van der Waals surface area contributed by atoms with Gasteiger partial charge in [0.1, 0.15) is 11.8 Å². The molecule has 6 heteroatoms. The Morgan fingerprint density at radius 3 is 2.65 bits per heavy atom. The number of carbonyl (C=O) groups excluding carboxylic acids is 1. The fraction of sp³-hybridized carbons (Fsp3) is 0. The van der Waals surface area contributed by atoms with Gasteiger partial charge in [0.15, 0.2) is 5.43 Å². The van der Waals surface area contributed by atoms with Crippen molar-refractivity contribution >= 4 is 23.1 Å². The number of rotatable bonds is 3. The maximum atomic E-state index is 11.8. The van der Waals surface area contributed by atoms with Crippen LogP contribution in [0.15, 0.2) is 39.1 Å². The van der Waals surface area contributed by atoms with E-state index in [-0.39, 0.29) is 5.56 Å². The molecule has 0 unspecified atom stereocenters. The van der Waals surface area contributed by atoms with Crippen molar-refractivity contribution < 1.29 is 19.1 Å². The second kappa shape index (κ2) is 4.34. The molecule has 1 N–H and O–H groups in total. The molecule has 0 aromatic carbocycles. The van der Waals surface area contributed by atoms with Crippen molar-refractivity contribution in [3.63, 3.8) is 0 Å². The van der Waals surface area contributed by atoms with Crippen molar-refractivity contribution in [2.75, 3.05) is 0 Å². The highest BCUT2D eigenvalue weighted by Crippen LogP contribution is 2.13. The van der Waals surface area contributed by atoms with E-state index in [0.717, 1.165) is 12.3 Å². The highest BCUT2D eigenvalue weighted by atomic mass is 32.1. The first-order chi connectivity index (χ1) is 8.09. The zero-order valence-electron chi connectivity index (χ0n) is 8.38. The predicted octanol–water partition coefficient (Wildman–Crippen LogP) is 1.63. The number of aromatic carboxylic acids is 1. The summed E-state index contributed by atoms with van der Waals surface area (Å²) in [6.45, 7) is 0. The topological polar surface area (TPSA) is 84.6 Å². The third-order valence-electron chi connectivity index (χ3n) is 2.03. The number of hydrogen-bond acceptors (Lipinski definition) is 5. The van der Waals surface area contributed by atoms with E-state index in [0.29, 0.717) is 4.88 Å². The van der Waals surface area contributed by atoms with Crippen LogP contribution in [0.4, 0.5) is 0 Å². The van der Waals surface area contributed by atoms with Gasteiger partial charge < -0.3 is 9.52 Å². The van der Waals surface area contributed by atoms with Crippen molar-refractivity contribution in [3.8, 4) is 0 Å². The maximum Gasteiger partial charge on any atom is 0.371 e. The molecule has 0 bridgehead atoms. The van der Waals surface area contributed by atoms with Gasteiger partial charge in [-0.15, -0.1) is 11.3 Å². The minimum Gasteiger partial charge on any atom is -0.475 e. The molecule has 5 nitrogen and oxygen atoms in total. The van der Waals surface area contributed by atoms with Gasteiger partial charge in [-0.25, -0.2) is 4.79 Å². The van der Waals surface area contributed by atoms with E-state index in [1.165, 1.54) is 11.3 Å². The summed E-state index contributed by atoms with van der Waals surface area (Å²) in [4.78, 5) is 34.3. The summed E-state index contributed by atoms with van der Waals surface area (Å²) in [7, 11) is 0. The van der Waals surface area contributed by atoms with Crippen LogP contribution in [0.25, 0.3) is 0 Å². The zero-order valence-corrected chi connectivity index (χ0v) is 9.19. The van der Waals surface area contributed by atoms with Crippen molar-refractivity contribution in [2.45, 2.75) is 0 Å². The Kier molecular flexibility index (Phi) is 2.88. The quantitative estimate of drug-likeness (QED) is 0.837. The monoisotopic (exact) mass is 250 g/mol. The number of carboxylic acids is 1. The summed E-state index contributed by atoms with van der Waals surface area (Å²) in [5.41, 5.74) is -0.829. The average molecular weight is 250 g/mol. The van der Waals surface area contributed by atoms with Crippen molar-refractivity contribution in [1.29, 1.82) is 0 Å². The molecule has 0 saturated carbocycles. The summed E-state index contributed by atoms with van der Waals surface area (Å²) in [5.74, 6) is -2.30. The fourth-order valence-electron chi connectivity index (χ4n) is 1.23. The van der Waals surface area contributed by atoms with Crippen LogP contribution in [-0.4, -0.2) is 16.9 Å². The largest absolute Gasteiger partial charge is 0.475 e. The lowest BCUT2D eigenvalue weighted by molar-refractivity contribution is 0.0658. The molecule has 2 rings (SSSR count). The van der Waals surface area contributed by atoms with Gasteiger partial charge in [0.05, 0.1) is 4.88 Å². The summed E-state index contributed by atoms with van der Waals surface area (Å²) < 4.78 is 4.70. The van der Waals surface area contributed by atoms with Crippen molar-refractivity contribution in [2.24, 2.45) is 0 Å². The van der Waals surface area contributed by atoms with Gasteiger partial charge in [0.25, 0.3) is 0 Å². The number of hydrogen-bond donors (Lipinski definition) is 1. The number of carbonyl (C=O) groups is 2. The third-order valence-corrected chi connectivity index (χ3v) is 2.90. The standard InChI is InChI=1S/C11H6O5S/c12-7-4-8(11(14)15)16-5-6(7)10(13)9-2-1-3-17-9/h1-5H,(H,14,15). The Morgan fingerprint density at radius 2 is 2.12 bits per heavy atom. The molecule has 17 heavy (non-hydrogen) atoms. The summed E-state index contributed by atoms with van der Waals surface area (Å²) >= 11 is 1.20. The molecule has 0 spiro atoms. The summed E-state index contributed by atoms with van der Waals surface area (Å²) in [5, 5.41) is 10.3. The fourth-order valence-corrected chi connectivity index (χ4v) is 1.91. The molecule has 2 heterocycles. The van der Waals surface area contributed by atoms with E-state index in [9.17, 15) is 14.4 Å². The molecular weight excluding hydrogens is 244 g/mol. The van der Waals surface area contributed by atoms with Gasteiger partial charge in [0, 0.05) is 6.07 Å². The first-order valence-corrected chi connectivity index (χ1v) is 5.42. The van der Waals surface area contributed by atoms with Crippen molar-refractivity contribution in [3.05, 3.63) is 56.3 Å². The minimum absolute atomic E-state index is 0.169. The lowest BCUT2D eigenvalue weighted by atomic mass is 10.1. The average Bonchev–Trinajstić information content (AvgIpc) is 2.81. The zero-order chi connectivity index (χ0) is 12.4. The Hall–Kier alpha value is -2.21. The molecule has 0 atom stereocenters. The van der Waals surface area contributed by atoms with Crippen LogP contribution >= 0.6 is 11.3 Å². The number of thiophene rings is 1. The molecule has 2 aromatic heterocycles. The number of carboxylic acid groups (broad SMARTS) is 1. The van der Waals surface area contributed by atoms with Gasteiger partial charge in [0.2, 0.25) is 11.5 Å². The molecule has 0 aliphatic carbocycles. The highest BCUT2D eigenvalue weighted by molar-refractivity contribution is 7.12. The van der Waals surface area contributed by atoms with E-state index in [1.807, 2.05) is 0 Å². The molecule has 0 fully saturated rings. The Bertz CT molecular complexity index is 624. The van der Waals surface area contributed by atoms with Gasteiger partial charge in [-0.2, -0.15) is 0 Å². The molecule has 0 saturated heterocycles. The third kappa shape index (κ3) is 2.16. The minimum atomic E-state index is -1.35. The second-order valence-corrected chi connectivity index (χ2v) is 4.08. The van der Waals surface area contributed by atoms with Crippen LogP contribution in [0.3, 0.4) is 0 Å². The molecular formula is C11H6O5S. The Balaban J connectivity index is 2.45. The predicted molar refractivity (Wildman–Crippen MR) is 59.7 cm³/mol. The Labute approximate surface area is 98.9 Å². The van der Waals surface area contributed by atoms with E-state index in [1.54, 1.807) is 17.5 Å². The van der Waals surface area contributed by atoms with Gasteiger partial charge in [-0.3, -0.25) is 9.59 Å². The highest BCUT2D eigenvalue weighted by Gasteiger charge is 2.17.